The van der Waals surface area contributed by atoms with Gasteiger partial charge >= 0.3 is 0 Å². The van der Waals surface area contributed by atoms with Crippen molar-refractivity contribution < 1.29 is 14.9 Å². The Bertz CT molecular complexity index is 554. The summed E-state index contributed by atoms with van der Waals surface area (Å²) in [6.45, 7) is 9.59. The predicted octanol–water partition coefficient (Wildman–Crippen LogP) is 4.57. The zero-order valence-electron chi connectivity index (χ0n) is 19.3. The van der Waals surface area contributed by atoms with Crippen molar-refractivity contribution in [3.63, 3.8) is 0 Å². The van der Waals surface area contributed by atoms with Crippen LogP contribution in [0.25, 0.3) is 0 Å². The van der Waals surface area contributed by atoms with E-state index in [1.54, 1.807) is 5.57 Å². The van der Waals surface area contributed by atoms with Crippen LogP contribution in [0, 0.1) is 23.7 Å². The monoisotopic (exact) mass is 419 g/mol. The first-order valence-corrected chi connectivity index (χ1v) is 12.6. The van der Waals surface area contributed by atoms with E-state index < -0.39 is 0 Å². The van der Waals surface area contributed by atoms with Crippen molar-refractivity contribution in [2.75, 3.05) is 32.8 Å². The highest BCUT2D eigenvalue weighted by atomic mass is 16.5. The average molecular weight is 420 g/mol. The molecule has 2 N–H and O–H groups in total. The summed E-state index contributed by atoms with van der Waals surface area (Å²) in [4.78, 5) is 2.52. The van der Waals surface area contributed by atoms with Crippen molar-refractivity contribution >= 4 is 0 Å². The van der Waals surface area contributed by atoms with Gasteiger partial charge in [0.2, 0.25) is 0 Å². The van der Waals surface area contributed by atoms with Gasteiger partial charge < -0.3 is 14.9 Å². The third-order valence-electron chi connectivity index (χ3n) is 7.53. The third kappa shape index (κ3) is 7.19. The Kier molecular flexibility index (Phi) is 9.89. The summed E-state index contributed by atoms with van der Waals surface area (Å²) in [6.07, 6.45) is 16.2. The second-order valence-corrected chi connectivity index (χ2v) is 10.1. The Morgan fingerprint density at radius 1 is 1.23 bits per heavy atom. The number of aliphatic hydroxyl groups is 2. The fourth-order valence-electron chi connectivity index (χ4n) is 5.72. The fourth-order valence-corrected chi connectivity index (χ4v) is 5.72. The van der Waals surface area contributed by atoms with Crippen molar-refractivity contribution in [1.82, 2.24) is 4.90 Å². The number of unbranched alkanes of at least 4 members (excludes halogenated alkanes) is 2. The molecule has 0 bridgehead atoms. The SMILES string of the molecule is CCCC[C@H](C)C[C@H](O)C=C[C@@H]1[C@H]2CC(CCCCN3CCOCC3)=C[C@H]2C[C@H]1O. The summed E-state index contributed by atoms with van der Waals surface area (Å²) in [6, 6.07) is 0. The van der Waals surface area contributed by atoms with Gasteiger partial charge in [0, 0.05) is 19.0 Å². The molecule has 1 saturated heterocycles. The van der Waals surface area contributed by atoms with Crippen LogP contribution in [0.2, 0.25) is 0 Å². The molecule has 4 heteroatoms. The van der Waals surface area contributed by atoms with Crippen molar-refractivity contribution in [2.24, 2.45) is 23.7 Å². The van der Waals surface area contributed by atoms with E-state index in [-0.39, 0.29) is 18.1 Å². The number of morpholine rings is 1. The highest BCUT2D eigenvalue weighted by Crippen LogP contribution is 2.48. The van der Waals surface area contributed by atoms with E-state index in [1.165, 1.54) is 45.1 Å². The smallest absolute Gasteiger partial charge is 0.0723 e. The molecule has 4 nitrogen and oxygen atoms in total. The van der Waals surface area contributed by atoms with Gasteiger partial charge in [0.05, 0.1) is 25.4 Å². The summed E-state index contributed by atoms with van der Waals surface area (Å²) in [5.74, 6) is 1.83. The molecule has 1 saturated carbocycles. The van der Waals surface area contributed by atoms with E-state index in [0.29, 0.717) is 17.8 Å². The van der Waals surface area contributed by atoms with Crippen LogP contribution in [0.3, 0.4) is 0 Å². The number of allylic oxidation sites excluding steroid dienone is 2. The van der Waals surface area contributed by atoms with Crippen LogP contribution in [0.5, 0.6) is 0 Å². The first kappa shape index (κ1) is 24.0. The first-order chi connectivity index (χ1) is 14.6. The van der Waals surface area contributed by atoms with Gasteiger partial charge in [0.1, 0.15) is 0 Å². The van der Waals surface area contributed by atoms with Gasteiger partial charge in [-0.1, -0.05) is 56.9 Å². The number of aliphatic hydroxyl groups excluding tert-OH is 2. The maximum absolute atomic E-state index is 10.6. The maximum atomic E-state index is 10.6. The normalized spacial score (nSPS) is 31.8. The zero-order chi connectivity index (χ0) is 21.3. The number of fused-ring (bicyclic) bond motifs is 1. The molecule has 3 aliphatic rings. The van der Waals surface area contributed by atoms with Crippen LogP contribution < -0.4 is 0 Å². The van der Waals surface area contributed by atoms with Gasteiger partial charge in [-0.15, -0.1) is 0 Å². The number of ether oxygens (including phenoxy) is 1. The average Bonchev–Trinajstić information content (AvgIpc) is 3.25. The van der Waals surface area contributed by atoms with Crippen LogP contribution in [0.15, 0.2) is 23.8 Å². The summed E-state index contributed by atoms with van der Waals surface area (Å²) in [5, 5.41) is 21.0. The molecule has 2 fully saturated rings. The maximum Gasteiger partial charge on any atom is 0.0723 e. The largest absolute Gasteiger partial charge is 0.392 e. The van der Waals surface area contributed by atoms with Crippen LogP contribution in [0.4, 0.5) is 0 Å². The highest BCUT2D eigenvalue weighted by molar-refractivity contribution is 5.21. The second kappa shape index (κ2) is 12.4. The molecule has 2 aliphatic carbocycles. The lowest BCUT2D eigenvalue weighted by Gasteiger charge is -2.26. The molecule has 0 aromatic heterocycles. The highest BCUT2D eigenvalue weighted by Gasteiger charge is 2.43. The van der Waals surface area contributed by atoms with Gasteiger partial charge in [0.25, 0.3) is 0 Å². The second-order valence-electron chi connectivity index (χ2n) is 10.1. The molecule has 172 valence electrons. The van der Waals surface area contributed by atoms with Crippen molar-refractivity contribution in [3.8, 4) is 0 Å². The van der Waals surface area contributed by atoms with Crippen molar-refractivity contribution in [2.45, 2.75) is 83.8 Å². The van der Waals surface area contributed by atoms with E-state index in [2.05, 4.69) is 30.9 Å². The van der Waals surface area contributed by atoms with Gasteiger partial charge in [-0.2, -0.15) is 0 Å². The van der Waals surface area contributed by atoms with Gasteiger partial charge in [-0.25, -0.2) is 0 Å². The Balaban J connectivity index is 1.38. The van der Waals surface area contributed by atoms with Crippen molar-refractivity contribution in [3.05, 3.63) is 23.8 Å². The lowest BCUT2D eigenvalue weighted by Crippen LogP contribution is -2.36. The molecular weight excluding hydrogens is 374 g/mol. The van der Waals surface area contributed by atoms with E-state index in [4.69, 9.17) is 4.74 Å². The minimum absolute atomic E-state index is 0.206. The quantitative estimate of drug-likeness (QED) is 0.359. The third-order valence-corrected chi connectivity index (χ3v) is 7.53. The van der Waals surface area contributed by atoms with E-state index in [0.717, 1.165) is 45.6 Å². The molecule has 0 spiro atoms. The molecule has 0 radical (unpaired) electrons. The Morgan fingerprint density at radius 3 is 2.80 bits per heavy atom. The molecule has 1 aliphatic heterocycles. The minimum Gasteiger partial charge on any atom is -0.392 e. The van der Waals surface area contributed by atoms with Gasteiger partial charge in [-0.3, -0.25) is 4.90 Å². The number of hydrogen-bond donors (Lipinski definition) is 2. The first-order valence-electron chi connectivity index (χ1n) is 12.6. The Labute approximate surface area is 184 Å². The van der Waals surface area contributed by atoms with E-state index in [9.17, 15) is 10.2 Å². The number of nitrogens with zero attached hydrogens (tertiary/aromatic N) is 1. The molecule has 0 aromatic rings. The molecule has 3 rings (SSSR count). The van der Waals surface area contributed by atoms with E-state index >= 15 is 0 Å². The van der Waals surface area contributed by atoms with Crippen LogP contribution in [-0.2, 0) is 4.74 Å². The lowest BCUT2D eigenvalue weighted by atomic mass is 9.88. The summed E-state index contributed by atoms with van der Waals surface area (Å²) in [7, 11) is 0. The molecular formula is C26H45NO3. The van der Waals surface area contributed by atoms with Crippen molar-refractivity contribution in [1.29, 1.82) is 0 Å². The lowest BCUT2D eigenvalue weighted by molar-refractivity contribution is 0.0372. The standard InChI is InChI=1S/C26H45NO3/c1-3-4-7-20(2)16-23(28)9-10-24-25-18-21(17-22(25)19-26(24)29)8-5-6-11-27-12-14-30-15-13-27/h9-10,17,20,22-26,28-29H,3-8,11-16,18-19H2,1-2H3/t20-,22-,23+,24+,25-,26+/m0/s1. The van der Waals surface area contributed by atoms with Gasteiger partial charge in [0.15, 0.2) is 0 Å². The number of hydrogen-bond acceptors (Lipinski definition) is 4. The predicted molar refractivity (Wildman–Crippen MR) is 123 cm³/mol. The molecule has 1 heterocycles. The fraction of sp³-hybridized carbons (Fsp3) is 0.846. The molecule has 0 amide bonds. The van der Waals surface area contributed by atoms with Crippen LogP contribution >= 0.6 is 0 Å². The van der Waals surface area contributed by atoms with Gasteiger partial charge in [-0.05, 0) is 62.8 Å². The zero-order valence-corrected chi connectivity index (χ0v) is 19.3. The van der Waals surface area contributed by atoms with Crippen LogP contribution in [0.1, 0.15) is 71.6 Å². The Morgan fingerprint density at radius 2 is 2.03 bits per heavy atom. The molecule has 30 heavy (non-hydrogen) atoms. The molecule has 0 unspecified atom stereocenters. The molecule has 6 atom stereocenters. The van der Waals surface area contributed by atoms with Crippen LogP contribution in [-0.4, -0.2) is 60.2 Å². The minimum atomic E-state index is -0.378. The Hall–Kier alpha value is -0.680. The number of rotatable bonds is 12. The summed E-state index contributed by atoms with van der Waals surface area (Å²) >= 11 is 0. The van der Waals surface area contributed by atoms with E-state index in [1.807, 2.05) is 6.08 Å². The summed E-state index contributed by atoms with van der Waals surface area (Å²) in [5.41, 5.74) is 1.60. The topological polar surface area (TPSA) is 52.9 Å². The molecule has 0 aromatic carbocycles. The summed E-state index contributed by atoms with van der Waals surface area (Å²) < 4.78 is 5.42.